The van der Waals surface area contributed by atoms with Crippen molar-refractivity contribution in [2.45, 2.75) is 26.2 Å². The molecular formula is C18H22O3. The third-order valence-corrected chi connectivity index (χ3v) is 3.92. The van der Waals surface area contributed by atoms with Crippen LogP contribution in [0.3, 0.4) is 0 Å². The van der Waals surface area contributed by atoms with Crippen LogP contribution in [0.1, 0.15) is 36.5 Å². The summed E-state index contributed by atoms with van der Waals surface area (Å²) < 4.78 is 10.6. The van der Waals surface area contributed by atoms with E-state index < -0.39 is 0 Å². The van der Waals surface area contributed by atoms with E-state index in [1.807, 2.05) is 6.07 Å². The smallest absolute Gasteiger partial charge is 0.342 e. The monoisotopic (exact) mass is 286 g/mol. The Morgan fingerprint density at radius 2 is 2.14 bits per heavy atom. The van der Waals surface area contributed by atoms with Gasteiger partial charge in [-0.2, -0.15) is 0 Å². The highest BCUT2D eigenvalue weighted by Crippen LogP contribution is 2.28. The molecule has 0 amide bonds. The zero-order valence-corrected chi connectivity index (χ0v) is 12.7. The van der Waals surface area contributed by atoms with Crippen molar-refractivity contribution >= 4 is 5.97 Å². The molecule has 1 aliphatic carbocycles. The molecule has 0 radical (unpaired) electrons. The summed E-state index contributed by atoms with van der Waals surface area (Å²) >= 11 is 0. The molecule has 0 saturated carbocycles. The normalized spacial score (nSPS) is 17.8. The first kappa shape index (κ1) is 15.4. The second kappa shape index (κ2) is 7.11. The van der Waals surface area contributed by atoms with Crippen molar-refractivity contribution in [2.24, 2.45) is 5.92 Å². The van der Waals surface area contributed by atoms with Gasteiger partial charge < -0.3 is 9.47 Å². The topological polar surface area (TPSA) is 35.5 Å². The zero-order valence-electron chi connectivity index (χ0n) is 12.7. The quantitative estimate of drug-likeness (QED) is 0.602. The molecule has 0 spiro atoms. The lowest BCUT2D eigenvalue weighted by molar-refractivity contribution is 0.0532. The Bertz CT molecular complexity index is 557. The van der Waals surface area contributed by atoms with Gasteiger partial charge in [-0.1, -0.05) is 30.4 Å². The summed E-state index contributed by atoms with van der Waals surface area (Å²) in [5, 5.41) is 0. The highest BCUT2D eigenvalue weighted by Gasteiger charge is 2.17. The zero-order chi connectivity index (χ0) is 15.2. The van der Waals surface area contributed by atoms with Crippen LogP contribution in [0.4, 0.5) is 0 Å². The highest BCUT2D eigenvalue weighted by molar-refractivity contribution is 5.92. The van der Waals surface area contributed by atoms with Gasteiger partial charge in [-0.15, -0.1) is 0 Å². The number of ether oxygens (including phenoxy) is 2. The number of para-hydroxylation sites is 1. The van der Waals surface area contributed by atoms with Gasteiger partial charge in [0, 0.05) is 0 Å². The van der Waals surface area contributed by atoms with Crippen molar-refractivity contribution in [1.82, 2.24) is 0 Å². The maximum absolute atomic E-state index is 12.1. The van der Waals surface area contributed by atoms with E-state index in [2.05, 4.69) is 19.6 Å². The van der Waals surface area contributed by atoms with Crippen LogP contribution in [0.25, 0.3) is 0 Å². The Kier molecular flexibility index (Phi) is 5.20. The molecule has 2 rings (SSSR count). The minimum absolute atomic E-state index is 0.338. The first-order valence-corrected chi connectivity index (χ1v) is 7.25. The minimum Gasteiger partial charge on any atom is -0.496 e. The first-order chi connectivity index (χ1) is 10.1. The van der Waals surface area contributed by atoms with E-state index in [0.29, 0.717) is 23.8 Å². The molecule has 0 fully saturated rings. The summed E-state index contributed by atoms with van der Waals surface area (Å²) in [5.74, 6) is 0.775. The molecule has 1 aromatic carbocycles. The molecule has 1 atom stereocenters. The lowest BCUT2D eigenvalue weighted by atomic mass is 9.86. The van der Waals surface area contributed by atoms with E-state index in [-0.39, 0.29) is 5.97 Å². The van der Waals surface area contributed by atoms with Crippen molar-refractivity contribution in [2.75, 3.05) is 13.7 Å². The molecule has 1 aromatic rings. The summed E-state index contributed by atoms with van der Waals surface area (Å²) in [4.78, 5) is 12.1. The SMILES string of the molecule is C=C(C)[C@@H]1CC=C(COC(=O)c2ccccc2OC)CC1. The molecule has 0 aromatic heterocycles. The lowest BCUT2D eigenvalue weighted by Gasteiger charge is -2.22. The van der Waals surface area contributed by atoms with Crippen LogP contribution < -0.4 is 4.74 Å². The van der Waals surface area contributed by atoms with Gasteiger partial charge in [-0.05, 0) is 49.8 Å². The average molecular weight is 286 g/mol. The lowest BCUT2D eigenvalue weighted by Crippen LogP contribution is -2.13. The van der Waals surface area contributed by atoms with Gasteiger partial charge in [-0.25, -0.2) is 4.79 Å². The van der Waals surface area contributed by atoms with Gasteiger partial charge in [0.25, 0.3) is 0 Å². The summed E-state index contributed by atoms with van der Waals surface area (Å²) in [6, 6.07) is 7.11. The Hall–Kier alpha value is -2.03. The number of methoxy groups -OCH3 is 1. The molecule has 0 heterocycles. The Labute approximate surface area is 126 Å². The second-order valence-corrected chi connectivity index (χ2v) is 5.46. The van der Waals surface area contributed by atoms with Crippen LogP contribution in [-0.4, -0.2) is 19.7 Å². The number of carbonyl (C=O) groups is 1. The van der Waals surface area contributed by atoms with E-state index >= 15 is 0 Å². The second-order valence-electron chi connectivity index (χ2n) is 5.46. The predicted molar refractivity (Wildman–Crippen MR) is 83.5 cm³/mol. The third kappa shape index (κ3) is 3.97. The van der Waals surface area contributed by atoms with E-state index in [1.54, 1.807) is 25.3 Å². The van der Waals surface area contributed by atoms with Crippen LogP contribution in [0.5, 0.6) is 5.75 Å². The Morgan fingerprint density at radius 1 is 1.38 bits per heavy atom. The predicted octanol–water partition coefficient (Wildman–Crippen LogP) is 4.15. The standard InChI is InChI=1S/C18H22O3/c1-13(2)15-10-8-14(9-11-15)12-21-18(19)16-6-4-5-7-17(16)20-3/h4-8,15H,1,9-12H2,2-3H3/t15-/m1/s1. The third-order valence-electron chi connectivity index (χ3n) is 3.92. The molecular weight excluding hydrogens is 264 g/mol. The summed E-state index contributed by atoms with van der Waals surface area (Å²) in [6.07, 6.45) is 5.24. The molecule has 0 N–H and O–H groups in total. The van der Waals surface area contributed by atoms with Crippen molar-refractivity contribution in [3.63, 3.8) is 0 Å². The van der Waals surface area contributed by atoms with Gasteiger partial charge in [0.2, 0.25) is 0 Å². The summed E-state index contributed by atoms with van der Waals surface area (Å²) in [6.45, 7) is 6.44. The van der Waals surface area contributed by atoms with Gasteiger partial charge in [0.1, 0.15) is 17.9 Å². The van der Waals surface area contributed by atoms with E-state index in [4.69, 9.17) is 9.47 Å². The fraction of sp³-hybridized carbons (Fsp3) is 0.389. The molecule has 0 aliphatic heterocycles. The first-order valence-electron chi connectivity index (χ1n) is 7.25. The number of hydrogen-bond acceptors (Lipinski definition) is 3. The van der Waals surface area contributed by atoms with Gasteiger partial charge in [0.15, 0.2) is 0 Å². The molecule has 21 heavy (non-hydrogen) atoms. The molecule has 3 heteroatoms. The maximum Gasteiger partial charge on any atom is 0.342 e. The molecule has 0 saturated heterocycles. The van der Waals surface area contributed by atoms with Crippen LogP contribution in [0.2, 0.25) is 0 Å². The molecule has 112 valence electrons. The molecule has 1 aliphatic rings. The number of allylic oxidation sites excluding steroid dienone is 2. The minimum atomic E-state index is -0.338. The van der Waals surface area contributed by atoms with Crippen molar-refractivity contribution in [3.8, 4) is 5.75 Å². The number of carbonyl (C=O) groups excluding carboxylic acids is 1. The van der Waals surface area contributed by atoms with Crippen molar-refractivity contribution < 1.29 is 14.3 Å². The Balaban J connectivity index is 1.92. The van der Waals surface area contributed by atoms with Gasteiger partial charge >= 0.3 is 5.97 Å². The van der Waals surface area contributed by atoms with Crippen molar-refractivity contribution in [1.29, 1.82) is 0 Å². The fourth-order valence-corrected chi connectivity index (χ4v) is 2.52. The maximum atomic E-state index is 12.1. The highest BCUT2D eigenvalue weighted by atomic mass is 16.5. The van der Waals surface area contributed by atoms with E-state index in [1.165, 1.54) is 11.1 Å². The van der Waals surface area contributed by atoms with E-state index in [9.17, 15) is 4.79 Å². The largest absolute Gasteiger partial charge is 0.496 e. The summed E-state index contributed by atoms with van der Waals surface area (Å²) in [5.41, 5.74) is 2.89. The van der Waals surface area contributed by atoms with E-state index in [0.717, 1.165) is 19.3 Å². The number of rotatable bonds is 5. The molecule has 0 bridgehead atoms. The fourth-order valence-electron chi connectivity index (χ4n) is 2.52. The van der Waals surface area contributed by atoms with Crippen LogP contribution in [-0.2, 0) is 4.74 Å². The van der Waals surface area contributed by atoms with Crippen LogP contribution in [0.15, 0.2) is 48.1 Å². The Morgan fingerprint density at radius 3 is 2.76 bits per heavy atom. The van der Waals surface area contributed by atoms with Crippen molar-refractivity contribution in [3.05, 3.63) is 53.6 Å². The van der Waals surface area contributed by atoms with Crippen LogP contribution in [0, 0.1) is 5.92 Å². The molecule has 0 unspecified atom stereocenters. The molecule has 3 nitrogen and oxygen atoms in total. The average Bonchev–Trinajstić information content (AvgIpc) is 2.52. The van der Waals surface area contributed by atoms with Crippen LogP contribution >= 0.6 is 0 Å². The number of benzene rings is 1. The van der Waals surface area contributed by atoms with Gasteiger partial charge in [0.05, 0.1) is 7.11 Å². The number of esters is 1. The number of hydrogen-bond donors (Lipinski definition) is 0. The van der Waals surface area contributed by atoms with Gasteiger partial charge in [-0.3, -0.25) is 0 Å². The summed E-state index contributed by atoms with van der Waals surface area (Å²) in [7, 11) is 1.55.